The van der Waals surface area contributed by atoms with E-state index >= 15 is 0 Å². The van der Waals surface area contributed by atoms with E-state index in [1.807, 2.05) is 18.2 Å². The number of benzene rings is 2. The molecular formula is C32H34O8. The molecule has 8 nitrogen and oxygen atoms in total. The van der Waals surface area contributed by atoms with E-state index in [1.54, 1.807) is 38.1 Å². The first kappa shape index (κ1) is 30.1. The number of aryl methyl sites for hydroxylation is 2. The fourth-order valence-corrected chi connectivity index (χ4v) is 4.07. The van der Waals surface area contributed by atoms with Gasteiger partial charge >= 0.3 is 17.6 Å². The van der Waals surface area contributed by atoms with Crippen LogP contribution in [0.4, 0.5) is 0 Å². The first-order chi connectivity index (χ1) is 19.2. The summed E-state index contributed by atoms with van der Waals surface area (Å²) in [7, 11) is 0. The van der Waals surface area contributed by atoms with E-state index in [-0.39, 0.29) is 12.2 Å². The summed E-state index contributed by atoms with van der Waals surface area (Å²) >= 11 is 0. The van der Waals surface area contributed by atoms with Gasteiger partial charge in [0.1, 0.15) is 11.3 Å². The van der Waals surface area contributed by atoms with Gasteiger partial charge in [-0.25, -0.2) is 14.4 Å². The summed E-state index contributed by atoms with van der Waals surface area (Å²) < 4.78 is 21.0. The van der Waals surface area contributed by atoms with Gasteiger partial charge in [-0.2, -0.15) is 0 Å². The maximum Gasteiger partial charge on any atom is 0.344 e. The van der Waals surface area contributed by atoms with Gasteiger partial charge in [-0.15, -0.1) is 0 Å². The molecule has 3 rings (SSSR count). The number of carbonyl (C=O) groups excluding carboxylic acids is 3. The molecule has 0 spiro atoms. The minimum Gasteiger partial charge on any atom is -0.468 e. The Balaban J connectivity index is 1.85. The fraction of sp³-hybridized carbons (Fsp3) is 0.312. The van der Waals surface area contributed by atoms with Crippen molar-refractivity contribution in [2.75, 3.05) is 13.2 Å². The van der Waals surface area contributed by atoms with Gasteiger partial charge in [0.15, 0.2) is 0 Å². The third-order valence-corrected chi connectivity index (χ3v) is 6.16. The average Bonchev–Trinajstić information content (AvgIpc) is 2.92. The van der Waals surface area contributed by atoms with Crippen LogP contribution in [-0.4, -0.2) is 31.6 Å². The number of ether oxygens (including phenoxy) is 3. The van der Waals surface area contributed by atoms with Crippen molar-refractivity contribution in [3.8, 4) is 16.9 Å². The highest BCUT2D eigenvalue weighted by Gasteiger charge is 2.14. The zero-order valence-corrected chi connectivity index (χ0v) is 23.0. The minimum absolute atomic E-state index is 0.284. The monoisotopic (exact) mass is 546 g/mol. The molecule has 0 N–H and O–H groups in total. The van der Waals surface area contributed by atoms with Gasteiger partial charge in [-0.05, 0) is 93.3 Å². The van der Waals surface area contributed by atoms with E-state index in [0.717, 1.165) is 42.2 Å². The molecule has 1 heterocycles. The van der Waals surface area contributed by atoms with Crippen molar-refractivity contribution < 1.29 is 33.0 Å². The summed E-state index contributed by atoms with van der Waals surface area (Å²) in [4.78, 5) is 46.8. The standard InChI is InChI=1S/C32H34O8/c1-21(2)30(34)38-16-8-6-10-25-17-23(9-5-7-15-37-20-33)18-26-19-28(32(36)40-29(25)26)24-11-13-27(14-12-24)39-31(35)22(3)4/h11-14,17-20H,1,3,5-10,15-16H2,2,4H3. The van der Waals surface area contributed by atoms with Crippen molar-refractivity contribution in [3.63, 3.8) is 0 Å². The van der Waals surface area contributed by atoms with Crippen molar-refractivity contribution in [2.45, 2.75) is 52.4 Å². The number of hydrogen-bond donors (Lipinski definition) is 0. The summed E-state index contributed by atoms with van der Waals surface area (Å²) in [6.45, 7) is 11.4. The molecule has 0 aliphatic heterocycles. The number of hydrogen-bond acceptors (Lipinski definition) is 8. The van der Waals surface area contributed by atoms with Crippen molar-refractivity contribution in [1.82, 2.24) is 0 Å². The summed E-state index contributed by atoms with van der Waals surface area (Å²) in [5, 5.41) is 0.790. The Morgan fingerprint density at radius 2 is 1.55 bits per heavy atom. The molecule has 0 saturated carbocycles. The lowest BCUT2D eigenvalue weighted by Gasteiger charge is -2.11. The highest BCUT2D eigenvalue weighted by molar-refractivity contribution is 5.89. The molecule has 0 amide bonds. The maximum atomic E-state index is 13.0. The second-order valence-electron chi connectivity index (χ2n) is 9.61. The fourth-order valence-electron chi connectivity index (χ4n) is 4.07. The third kappa shape index (κ3) is 8.53. The molecule has 0 atom stereocenters. The number of carbonyl (C=O) groups is 3. The van der Waals surface area contributed by atoms with Crippen molar-refractivity contribution in [2.24, 2.45) is 0 Å². The topological polar surface area (TPSA) is 109 Å². The number of fused-ring (bicyclic) bond motifs is 1. The van der Waals surface area contributed by atoms with Gasteiger partial charge in [0, 0.05) is 16.5 Å². The van der Waals surface area contributed by atoms with Crippen molar-refractivity contribution in [3.05, 3.63) is 88.3 Å². The van der Waals surface area contributed by atoms with Crippen LogP contribution >= 0.6 is 0 Å². The lowest BCUT2D eigenvalue weighted by Crippen LogP contribution is -2.08. The van der Waals surface area contributed by atoms with Crippen LogP contribution in [0.15, 0.2) is 76.0 Å². The molecule has 2 aromatic carbocycles. The second-order valence-corrected chi connectivity index (χ2v) is 9.61. The van der Waals surface area contributed by atoms with Crippen LogP contribution in [0.1, 0.15) is 50.7 Å². The molecule has 1 aromatic heterocycles. The SMILES string of the molecule is C=C(C)C(=O)OCCCCc1cc(CCCCOC=O)cc2cc(-c3ccc(OC(=O)C(=C)C)cc3)c(=O)oc12. The van der Waals surface area contributed by atoms with E-state index in [2.05, 4.69) is 13.2 Å². The summed E-state index contributed by atoms with van der Waals surface area (Å²) in [5.74, 6) is -0.588. The van der Waals surface area contributed by atoms with Gasteiger partial charge in [0.25, 0.3) is 6.47 Å². The van der Waals surface area contributed by atoms with Crippen LogP contribution in [0.25, 0.3) is 22.1 Å². The Labute approximate surface area is 233 Å². The highest BCUT2D eigenvalue weighted by Crippen LogP contribution is 2.28. The Morgan fingerprint density at radius 3 is 2.23 bits per heavy atom. The van der Waals surface area contributed by atoms with Crippen LogP contribution in [0.2, 0.25) is 0 Å². The zero-order valence-electron chi connectivity index (χ0n) is 23.0. The van der Waals surface area contributed by atoms with Crippen LogP contribution < -0.4 is 10.4 Å². The highest BCUT2D eigenvalue weighted by atomic mass is 16.5. The first-order valence-corrected chi connectivity index (χ1v) is 13.1. The van der Waals surface area contributed by atoms with E-state index in [4.69, 9.17) is 18.6 Å². The summed E-state index contributed by atoms with van der Waals surface area (Å²) in [5.41, 5.74) is 3.68. The number of unbranched alkanes of at least 4 members (excludes halogenated alkanes) is 2. The molecule has 0 aliphatic carbocycles. The summed E-state index contributed by atoms with van der Waals surface area (Å²) in [6, 6.07) is 12.5. The van der Waals surface area contributed by atoms with Gasteiger partial charge in [-0.3, -0.25) is 4.79 Å². The van der Waals surface area contributed by atoms with Crippen molar-refractivity contribution in [1.29, 1.82) is 0 Å². The normalized spacial score (nSPS) is 10.7. The smallest absolute Gasteiger partial charge is 0.344 e. The zero-order chi connectivity index (χ0) is 29.1. The Bertz CT molecular complexity index is 1450. The molecule has 0 saturated heterocycles. The second kappa shape index (κ2) is 14.6. The van der Waals surface area contributed by atoms with Crippen LogP contribution in [-0.2, 0) is 36.7 Å². The largest absolute Gasteiger partial charge is 0.468 e. The van der Waals surface area contributed by atoms with E-state index in [9.17, 15) is 19.2 Å². The Kier molecular flexibility index (Phi) is 11.0. The number of rotatable bonds is 15. The molecule has 0 unspecified atom stereocenters. The van der Waals surface area contributed by atoms with E-state index < -0.39 is 17.6 Å². The van der Waals surface area contributed by atoms with Gasteiger partial charge in [0.05, 0.1) is 18.8 Å². The summed E-state index contributed by atoms with van der Waals surface area (Å²) in [6.07, 6.45) is 4.33. The maximum absolute atomic E-state index is 13.0. The Morgan fingerprint density at radius 1 is 0.875 bits per heavy atom. The lowest BCUT2D eigenvalue weighted by molar-refractivity contribution is -0.139. The number of esters is 2. The van der Waals surface area contributed by atoms with Gasteiger partial charge in [-0.1, -0.05) is 31.4 Å². The first-order valence-electron chi connectivity index (χ1n) is 13.1. The van der Waals surface area contributed by atoms with Crippen molar-refractivity contribution >= 4 is 29.4 Å². The molecule has 3 aromatic rings. The van der Waals surface area contributed by atoms with Gasteiger partial charge in [0.2, 0.25) is 0 Å². The predicted molar refractivity (Wildman–Crippen MR) is 152 cm³/mol. The molecule has 210 valence electrons. The van der Waals surface area contributed by atoms with E-state index in [1.165, 1.54) is 0 Å². The average molecular weight is 547 g/mol. The molecule has 0 bridgehead atoms. The minimum atomic E-state index is -0.523. The molecular weight excluding hydrogens is 512 g/mol. The van der Waals surface area contributed by atoms with Crippen LogP contribution in [0, 0.1) is 0 Å². The molecule has 0 radical (unpaired) electrons. The molecule has 40 heavy (non-hydrogen) atoms. The lowest BCUT2D eigenvalue weighted by atomic mass is 9.97. The molecule has 0 aliphatic rings. The van der Waals surface area contributed by atoms with Gasteiger partial charge < -0.3 is 18.6 Å². The van der Waals surface area contributed by atoms with Crippen LogP contribution in [0.3, 0.4) is 0 Å². The van der Waals surface area contributed by atoms with Crippen LogP contribution in [0.5, 0.6) is 5.75 Å². The Hall–Kier alpha value is -4.46. The van der Waals surface area contributed by atoms with E-state index in [0.29, 0.717) is 54.0 Å². The quantitative estimate of drug-likeness (QED) is 0.0581. The molecule has 8 heteroatoms. The molecule has 0 fully saturated rings. The third-order valence-electron chi connectivity index (χ3n) is 6.16. The predicted octanol–water partition coefficient (Wildman–Crippen LogP) is 5.88.